The number of sulfone groups is 1. The zero-order valence-corrected chi connectivity index (χ0v) is 15.4. The van der Waals surface area contributed by atoms with Crippen molar-refractivity contribution >= 4 is 15.7 Å². The lowest BCUT2D eigenvalue weighted by atomic mass is 10.1. The lowest BCUT2D eigenvalue weighted by Gasteiger charge is -2.27. The van der Waals surface area contributed by atoms with Crippen LogP contribution in [-0.4, -0.2) is 53.1 Å². The predicted molar refractivity (Wildman–Crippen MR) is 96.7 cm³/mol. The van der Waals surface area contributed by atoms with E-state index in [-0.39, 0.29) is 23.5 Å². The third-order valence-electron chi connectivity index (χ3n) is 4.62. The van der Waals surface area contributed by atoms with E-state index in [1.54, 1.807) is 15.8 Å². The Morgan fingerprint density at radius 3 is 2.64 bits per heavy atom. The van der Waals surface area contributed by atoms with E-state index in [4.69, 9.17) is 0 Å². The summed E-state index contributed by atoms with van der Waals surface area (Å²) in [4.78, 5) is 14.8. The summed E-state index contributed by atoms with van der Waals surface area (Å²) < 4.78 is 25.4. The van der Waals surface area contributed by atoms with Crippen molar-refractivity contribution in [2.45, 2.75) is 32.7 Å². The van der Waals surface area contributed by atoms with Crippen LogP contribution < -0.4 is 0 Å². The highest BCUT2D eigenvalue weighted by atomic mass is 32.2. The number of aromatic nitrogens is 2. The Hall–Kier alpha value is -2.15. The first-order valence-corrected chi connectivity index (χ1v) is 10.4. The Balaban J connectivity index is 1.89. The largest absolute Gasteiger partial charge is 0.335 e. The van der Waals surface area contributed by atoms with Crippen molar-refractivity contribution in [3.63, 3.8) is 0 Å². The molecule has 25 heavy (non-hydrogen) atoms. The van der Waals surface area contributed by atoms with Gasteiger partial charge < -0.3 is 4.90 Å². The molecule has 2 heterocycles. The molecule has 0 aliphatic carbocycles. The van der Waals surface area contributed by atoms with Gasteiger partial charge >= 0.3 is 0 Å². The quantitative estimate of drug-likeness (QED) is 0.819. The van der Waals surface area contributed by atoms with E-state index in [2.05, 4.69) is 5.10 Å². The minimum atomic E-state index is -3.04. The Kier molecular flexibility index (Phi) is 4.94. The van der Waals surface area contributed by atoms with Gasteiger partial charge in [0.25, 0.3) is 5.91 Å². The standard InChI is InChI=1S/C18H23N3O3S/c1-3-10-20(16-9-11-25(23,24)13-16)18(22)17-12-19-21(14(17)2)15-7-5-4-6-8-15/h4-8,12,16H,3,9-11,13H2,1-2H3. The van der Waals surface area contributed by atoms with Crippen molar-refractivity contribution in [1.82, 2.24) is 14.7 Å². The van der Waals surface area contributed by atoms with Crippen LogP contribution in [0.1, 0.15) is 35.8 Å². The minimum Gasteiger partial charge on any atom is -0.335 e. The average molecular weight is 361 g/mol. The van der Waals surface area contributed by atoms with Crippen LogP contribution in [0.5, 0.6) is 0 Å². The molecule has 134 valence electrons. The summed E-state index contributed by atoms with van der Waals surface area (Å²) in [5.41, 5.74) is 2.18. The fourth-order valence-electron chi connectivity index (χ4n) is 3.32. The molecule has 3 rings (SSSR count). The molecule has 1 fully saturated rings. The van der Waals surface area contributed by atoms with Crippen LogP contribution in [0.25, 0.3) is 5.69 Å². The van der Waals surface area contributed by atoms with E-state index < -0.39 is 9.84 Å². The van der Waals surface area contributed by atoms with E-state index in [0.29, 0.717) is 18.5 Å². The number of hydrogen-bond acceptors (Lipinski definition) is 4. The van der Waals surface area contributed by atoms with Gasteiger partial charge in [0.1, 0.15) is 0 Å². The summed E-state index contributed by atoms with van der Waals surface area (Å²) >= 11 is 0. The molecule has 7 heteroatoms. The van der Waals surface area contributed by atoms with Gasteiger partial charge in [-0.2, -0.15) is 5.10 Å². The van der Waals surface area contributed by atoms with E-state index in [1.165, 1.54) is 0 Å². The van der Waals surface area contributed by atoms with Crippen molar-refractivity contribution < 1.29 is 13.2 Å². The summed E-state index contributed by atoms with van der Waals surface area (Å²) in [6.07, 6.45) is 2.88. The molecule has 1 aromatic heterocycles. The smallest absolute Gasteiger partial charge is 0.257 e. The maximum absolute atomic E-state index is 13.1. The number of carbonyl (C=O) groups excluding carboxylic acids is 1. The highest BCUT2D eigenvalue weighted by Gasteiger charge is 2.35. The SMILES string of the molecule is CCCN(C(=O)c1cnn(-c2ccccc2)c1C)C1CCS(=O)(=O)C1. The van der Waals surface area contributed by atoms with E-state index in [0.717, 1.165) is 17.8 Å². The molecule has 1 aliphatic heterocycles. The maximum Gasteiger partial charge on any atom is 0.257 e. The predicted octanol–water partition coefficient (Wildman–Crippen LogP) is 2.22. The first-order chi connectivity index (χ1) is 11.9. The first-order valence-electron chi connectivity index (χ1n) is 8.54. The molecule has 0 radical (unpaired) electrons. The number of benzene rings is 1. The third kappa shape index (κ3) is 3.61. The van der Waals surface area contributed by atoms with Crippen LogP contribution in [0.3, 0.4) is 0 Å². The van der Waals surface area contributed by atoms with Gasteiger partial charge in [-0.1, -0.05) is 25.1 Å². The second-order valence-corrected chi connectivity index (χ2v) is 8.68. The highest BCUT2D eigenvalue weighted by Crippen LogP contribution is 2.22. The van der Waals surface area contributed by atoms with Gasteiger partial charge in [-0.3, -0.25) is 4.79 Å². The molecule has 2 aromatic rings. The summed E-state index contributed by atoms with van der Waals surface area (Å²) in [5, 5.41) is 4.36. The van der Waals surface area contributed by atoms with E-state index >= 15 is 0 Å². The Labute approximate surface area is 148 Å². The number of hydrogen-bond donors (Lipinski definition) is 0. The fraction of sp³-hybridized carbons (Fsp3) is 0.444. The van der Waals surface area contributed by atoms with E-state index in [1.807, 2.05) is 44.2 Å². The minimum absolute atomic E-state index is 0.0601. The van der Waals surface area contributed by atoms with Gasteiger partial charge in [0.15, 0.2) is 9.84 Å². The van der Waals surface area contributed by atoms with Crippen LogP contribution in [0.4, 0.5) is 0 Å². The highest BCUT2D eigenvalue weighted by molar-refractivity contribution is 7.91. The second kappa shape index (κ2) is 7.00. The summed E-state index contributed by atoms with van der Waals surface area (Å²) in [6.45, 7) is 4.40. The lowest BCUT2D eigenvalue weighted by Crippen LogP contribution is -2.41. The van der Waals surface area contributed by atoms with Crippen molar-refractivity contribution in [2.24, 2.45) is 0 Å². The fourth-order valence-corrected chi connectivity index (χ4v) is 5.05. The molecule has 0 saturated carbocycles. The van der Waals surface area contributed by atoms with Crippen LogP contribution >= 0.6 is 0 Å². The lowest BCUT2D eigenvalue weighted by molar-refractivity contribution is 0.0696. The van der Waals surface area contributed by atoms with Gasteiger partial charge in [0, 0.05) is 12.6 Å². The number of rotatable bonds is 5. The van der Waals surface area contributed by atoms with Crippen LogP contribution in [0.15, 0.2) is 36.5 Å². The topological polar surface area (TPSA) is 72.3 Å². The van der Waals surface area contributed by atoms with Crippen LogP contribution in [-0.2, 0) is 9.84 Å². The first kappa shape index (κ1) is 17.7. The summed E-state index contributed by atoms with van der Waals surface area (Å²) in [5.74, 6) is 0.0847. The molecule has 1 aromatic carbocycles. The van der Waals surface area contributed by atoms with Gasteiger partial charge in [0.05, 0.1) is 34.6 Å². The van der Waals surface area contributed by atoms with Crippen molar-refractivity contribution in [1.29, 1.82) is 0 Å². The number of nitrogens with zero attached hydrogens (tertiary/aromatic N) is 3. The Morgan fingerprint density at radius 1 is 1.32 bits per heavy atom. The molecule has 1 amide bonds. The third-order valence-corrected chi connectivity index (χ3v) is 6.37. The Bertz CT molecular complexity index is 859. The molecule has 1 atom stereocenters. The molecule has 1 unspecified atom stereocenters. The number of para-hydroxylation sites is 1. The molecule has 6 nitrogen and oxygen atoms in total. The van der Waals surface area contributed by atoms with Gasteiger partial charge in [0.2, 0.25) is 0 Å². The number of amides is 1. The monoisotopic (exact) mass is 361 g/mol. The molecule has 1 aliphatic rings. The van der Waals surface area contributed by atoms with Gasteiger partial charge in [-0.25, -0.2) is 13.1 Å². The van der Waals surface area contributed by atoms with E-state index in [9.17, 15) is 13.2 Å². The maximum atomic E-state index is 13.1. The number of carbonyl (C=O) groups is 1. The van der Waals surface area contributed by atoms with Crippen LogP contribution in [0, 0.1) is 6.92 Å². The summed E-state index contributed by atoms with van der Waals surface area (Å²) in [6, 6.07) is 9.40. The molecule has 0 bridgehead atoms. The molecule has 1 saturated heterocycles. The van der Waals surface area contributed by atoms with Crippen molar-refractivity contribution in [2.75, 3.05) is 18.1 Å². The summed E-state index contributed by atoms with van der Waals surface area (Å²) in [7, 11) is -3.04. The molecule has 0 N–H and O–H groups in total. The van der Waals surface area contributed by atoms with Crippen molar-refractivity contribution in [3.8, 4) is 5.69 Å². The van der Waals surface area contributed by atoms with Crippen LogP contribution in [0.2, 0.25) is 0 Å². The molecular weight excluding hydrogens is 338 g/mol. The van der Waals surface area contributed by atoms with Crippen molar-refractivity contribution in [3.05, 3.63) is 47.8 Å². The zero-order valence-electron chi connectivity index (χ0n) is 14.6. The Morgan fingerprint density at radius 2 is 2.04 bits per heavy atom. The molecular formula is C18H23N3O3S. The van der Waals surface area contributed by atoms with Gasteiger partial charge in [-0.05, 0) is 31.9 Å². The second-order valence-electron chi connectivity index (χ2n) is 6.45. The normalized spacial score (nSPS) is 19.0. The zero-order chi connectivity index (χ0) is 18.0. The molecule has 0 spiro atoms. The average Bonchev–Trinajstić information content (AvgIpc) is 3.15. The van der Waals surface area contributed by atoms with Gasteiger partial charge in [-0.15, -0.1) is 0 Å².